The van der Waals surface area contributed by atoms with Crippen molar-refractivity contribution in [3.8, 4) is 5.75 Å². The summed E-state index contributed by atoms with van der Waals surface area (Å²) in [5.74, 6) is 0.117. The van der Waals surface area contributed by atoms with E-state index in [1.54, 1.807) is 25.1 Å². The normalized spacial score (nSPS) is 12.0. The second-order valence-electron chi connectivity index (χ2n) is 6.86. The Morgan fingerprint density at radius 3 is 2.19 bits per heavy atom. The predicted molar refractivity (Wildman–Crippen MR) is 118 cm³/mol. The van der Waals surface area contributed by atoms with Gasteiger partial charge in [-0.2, -0.15) is 0 Å². The average molecular weight is 470 g/mol. The van der Waals surface area contributed by atoms with Gasteiger partial charge in [0.05, 0.1) is 16.4 Å². The first kappa shape index (κ1) is 24.8. The number of hydrogen-bond donors (Lipinski definition) is 2. The SMILES string of the molecule is CCOc1ccc(S(=O)(=O)NCCC(=O)Nc2cc(S(=O)(=O)N(C)C)ccc2C)cc1. The molecule has 0 atom stereocenters. The lowest BCUT2D eigenvalue weighted by Crippen LogP contribution is -2.28. The number of anilines is 1. The van der Waals surface area contributed by atoms with E-state index in [-0.39, 0.29) is 22.8 Å². The highest BCUT2D eigenvalue weighted by molar-refractivity contribution is 7.89. The van der Waals surface area contributed by atoms with Crippen molar-refractivity contribution in [1.29, 1.82) is 0 Å². The summed E-state index contributed by atoms with van der Waals surface area (Å²) >= 11 is 0. The zero-order valence-corrected chi connectivity index (χ0v) is 19.5. The van der Waals surface area contributed by atoms with E-state index in [4.69, 9.17) is 4.74 Å². The molecule has 31 heavy (non-hydrogen) atoms. The predicted octanol–water partition coefficient (Wildman–Crippen LogP) is 1.95. The molecule has 2 aromatic rings. The van der Waals surface area contributed by atoms with Crippen LogP contribution in [0.25, 0.3) is 0 Å². The van der Waals surface area contributed by atoms with Crippen LogP contribution in [0.1, 0.15) is 18.9 Å². The molecule has 0 aliphatic rings. The molecule has 9 nitrogen and oxygen atoms in total. The van der Waals surface area contributed by atoms with Crippen LogP contribution in [0.4, 0.5) is 5.69 Å². The van der Waals surface area contributed by atoms with Crippen molar-refractivity contribution in [2.75, 3.05) is 32.6 Å². The van der Waals surface area contributed by atoms with Crippen LogP contribution in [0.15, 0.2) is 52.3 Å². The minimum Gasteiger partial charge on any atom is -0.494 e. The van der Waals surface area contributed by atoms with E-state index in [9.17, 15) is 21.6 Å². The van der Waals surface area contributed by atoms with Crippen LogP contribution < -0.4 is 14.8 Å². The van der Waals surface area contributed by atoms with Gasteiger partial charge in [-0.05, 0) is 55.8 Å². The molecular formula is C20H27N3O6S2. The highest BCUT2D eigenvalue weighted by atomic mass is 32.2. The maximum absolute atomic E-state index is 12.4. The van der Waals surface area contributed by atoms with Gasteiger partial charge in [-0.25, -0.2) is 25.9 Å². The quantitative estimate of drug-likeness (QED) is 0.548. The average Bonchev–Trinajstić information content (AvgIpc) is 2.70. The van der Waals surface area contributed by atoms with Crippen molar-refractivity contribution in [3.05, 3.63) is 48.0 Å². The maximum atomic E-state index is 12.4. The highest BCUT2D eigenvalue weighted by Gasteiger charge is 2.19. The molecule has 0 aliphatic carbocycles. The van der Waals surface area contributed by atoms with Crippen molar-refractivity contribution in [2.45, 2.75) is 30.1 Å². The summed E-state index contributed by atoms with van der Waals surface area (Å²) in [5, 5.41) is 2.64. The summed E-state index contributed by atoms with van der Waals surface area (Å²) in [4.78, 5) is 12.4. The summed E-state index contributed by atoms with van der Waals surface area (Å²) in [6, 6.07) is 10.4. The number of amides is 1. The molecule has 11 heteroatoms. The van der Waals surface area contributed by atoms with Gasteiger partial charge in [0.15, 0.2) is 0 Å². The number of aryl methyl sites for hydroxylation is 1. The fourth-order valence-corrected chi connectivity index (χ4v) is 4.54. The third kappa shape index (κ3) is 6.50. The molecule has 0 fully saturated rings. The summed E-state index contributed by atoms with van der Waals surface area (Å²) in [7, 11) is -4.58. The number of rotatable bonds is 10. The molecule has 0 saturated heterocycles. The highest BCUT2D eigenvalue weighted by Crippen LogP contribution is 2.22. The molecule has 0 saturated carbocycles. The van der Waals surface area contributed by atoms with Crippen LogP contribution in [0.3, 0.4) is 0 Å². The maximum Gasteiger partial charge on any atom is 0.242 e. The van der Waals surface area contributed by atoms with Gasteiger partial charge in [0.25, 0.3) is 0 Å². The molecule has 1 amide bonds. The Kier molecular flexibility index (Phi) is 8.18. The Hall–Kier alpha value is -2.47. The van der Waals surface area contributed by atoms with Crippen LogP contribution in [0, 0.1) is 6.92 Å². The van der Waals surface area contributed by atoms with Crippen LogP contribution in [-0.4, -0.2) is 54.3 Å². The van der Waals surface area contributed by atoms with E-state index >= 15 is 0 Å². The van der Waals surface area contributed by atoms with Gasteiger partial charge in [0.2, 0.25) is 26.0 Å². The first-order valence-corrected chi connectivity index (χ1v) is 12.4. The Bertz CT molecular complexity index is 1130. The second kappa shape index (κ2) is 10.2. The van der Waals surface area contributed by atoms with Gasteiger partial charge in [-0.1, -0.05) is 6.07 Å². The topological polar surface area (TPSA) is 122 Å². The molecule has 0 radical (unpaired) electrons. The summed E-state index contributed by atoms with van der Waals surface area (Å²) in [6.07, 6.45) is -0.125. The molecule has 0 spiro atoms. The molecule has 0 aromatic heterocycles. The second-order valence-corrected chi connectivity index (χ2v) is 10.8. The first-order valence-electron chi connectivity index (χ1n) is 9.53. The Morgan fingerprint density at radius 2 is 1.61 bits per heavy atom. The zero-order chi connectivity index (χ0) is 23.2. The Balaban J connectivity index is 1.99. The molecule has 2 rings (SSSR count). The third-order valence-electron chi connectivity index (χ3n) is 4.35. The van der Waals surface area contributed by atoms with Crippen LogP contribution >= 0.6 is 0 Å². The summed E-state index contributed by atoms with van der Waals surface area (Å²) in [5.41, 5.74) is 1.03. The Morgan fingerprint density at radius 1 is 1.00 bits per heavy atom. The minimum atomic E-state index is -3.77. The lowest BCUT2D eigenvalue weighted by atomic mass is 10.2. The van der Waals surface area contributed by atoms with Crippen LogP contribution in [0.5, 0.6) is 5.75 Å². The van der Waals surface area contributed by atoms with Gasteiger partial charge in [0.1, 0.15) is 5.75 Å². The number of hydrogen-bond acceptors (Lipinski definition) is 6. The van der Waals surface area contributed by atoms with E-state index in [1.165, 1.54) is 38.4 Å². The summed E-state index contributed by atoms with van der Waals surface area (Å²) < 4.78 is 58.0. The number of ether oxygens (including phenoxy) is 1. The lowest BCUT2D eigenvalue weighted by Gasteiger charge is -2.14. The number of carbonyl (C=O) groups excluding carboxylic acids is 1. The zero-order valence-electron chi connectivity index (χ0n) is 17.9. The molecule has 0 aliphatic heterocycles. The van der Waals surface area contributed by atoms with Gasteiger partial charge in [0, 0.05) is 32.7 Å². The Labute approximate surface area is 183 Å². The van der Waals surface area contributed by atoms with Crippen molar-refractivity contribution in [2.24, 2.45) is 0 Å². The molecule has 0 bridgehead atoms. The molecule has 2 N–H and O–H groups in total. The van der Waals surface area contributed by atoms with Crippen molar-refractivity contribution >= 4 is 31.6 Å². The molecule has 170 valence electrons. The third-order valence-corrected chi connectivity index (χ3v) is 7.64. The standard InChI is InChI=1S/C20H27N3O6S2/c1-5-29-16-7-10-17(11-8-16)30(25,26)21-13-12-20(24)22-19-14-18(9-6-15(19)2)31(27,28)23(3)4/h6-11,14,21H,5,12-13H2,1-4H3,(H,22,24). The molecule has 0 unspecified atom stereocenters. The summed E-state index contributed by atoms with van der Waals surface area (Å²) in [6.45, 7) is 3.92. The smallest absolute Gasteiger partial charge is 0.242 e. The van der Waals surface area contributed by atoms with Gasteiger partial charge in [-0.3, -0.25) is 4.79 Å². The number of sulfonamides is 2. The fourth-order valence-electron chi connectivity index (χ4n) is 2.58. The number of carbonyl (C=O) groups is 1. The number of benzene rings is 2. The van der Waals surface area contributed by atoms with Crippen molar-refractivity contribution in [3.63, 3.8) is 0 Å². The van der Waals surface area contributed by atoms with E-state index < -0.39 is 26.0 Å². The van der Waals surface area contributed by atoms with E-state index in [1.807, 2.05) is 6.92 Å². The van der Waals surface area contributed by atoms with Crippen molar-refractivity contribution in [1.82, 2.24) is 9.03 Å². The minimum absolute atomic E-state index is 0.0506. The van der Waals surface area contributed by atoms with Gasteiger partial charge >= 0.3 is 0 Å². The van der Waals surface area contributed by atoms with Crippen molar-refractivity contribution < 1.29 is 26.4 Å². The van der Waals surface area contributed by atoms with E-state index in [0.29, 0.717) is 23.6 Å². The van der Waals surface area contributed by atoms with Gasteiger partial charge < -0.3 is 10.1 Å². The van der Waals surface area contributed by atoms with E-state index in [2.05, 4.69) is 10.0 Å². The van der Waals surface area contributed by atoms with Crippen LogP contribution in [-0.2, 0) is 24.8 Å². The molecular weight excluding hydrogens is 442 g/mol. The van der Waals surface area contributed by atoms with Crippen LogP contribution in [0.2, 0.25) is 0 Å². The largest absolute Gasteiger partial charge is 0.494 e. The van der Waals surface area contributed by atoms with E-state index in [0.717, 1.165) is 4.31 Å². The molecule has 2 aromatic carbocycles. The number of nitrogens with one attached hydrogen (secondary N) is 2. The van der Waals surface area contributed by atoms with Gasteiger partial charge in [-0.15, -0.1) is 0 Å². The lowest BCUT2D eigenvalue weighted by molar-refractivity contribution is -0.116. The first-order chi connectivity index (χ1) is 14.5. The molecule has 0 heterocycles. The number of nitrogens with zero attached hydrogens (tertiary/aromatic N) is 1. The fraction of sp³-hybridized carbons (Fsp3) is 0.350. The monoisotopic (exact) mass is 469 g/mol.